The molecule has 0 amide bonds. The molecule has 1 heterocycles. The molecule has 1 aliphatic rings. The first-order chi connectivity index (χ1) is 8.15. The van der Waals surface area contributed by atoms with Crippen molar-refractivity contribution in [1.29, 1.82) is 0 Å². The van der Waals surface area contributed by atoms with Crippen LogP contribution in [-0.2, 0) is 16.4 Å². The van der Waals surface area contributed by atoms with E-state index in [4.69, 9.17) is 11.6 Å². The van der Waals surface area contributed by atoms with Gasteiger partial charge in [-0.05, 0) is 30.9 Å². The number of halogens is 1. The van der Waals surface area contributed by atoms with Crippen LogP contribution in [0.1, 0.15) is 18.4 Å². The SMILES string of the molecule is O=S(=O)(CCCCCl)N1CCc2ccccc21. The number of unbranched alkanes of at least 4 members (excludes halogenated alkanes) is 1. The largest absolute Gasteiger partial charge is 0.270 e. The Morgan fingerprint density at radius 2 is 2.00 bits per heavy atom. The second-order valence-electron chi connectivity index (χ2n) is 4.16. The van der Waals surface area contributed by atoms with Crippen molar-refractivity contribution in [2.45, 2.75) is 19.3 Å². The zero-order valence-corrected chi connectivity index (χ0v) is 11.2. The Kier molecular flexibility index (Phi) is 3.94. The van der Waals surface area contributed by atoms with Crippen LogP contribution in [0.5, 0.6) is 0 Å². The van der Waals surface area contributed by atoms with Crippen molar-refractivity contribution in [1.82, 2.24) is 0 Å². The first-order valence-corrected chi connectivity index (χ1v) is 7.94. The standard InChI is InChI=1S/C12H16ClNO2S/c13-8-3-4-10-17(15,16)14-9-7-11-5-1-2-6-12(11)14/h1-2,5-6H,3-4,7-10H2. The van der Waals surface area contributed by atoms with E-state index >= 15 is 0 Å². The minimum atomic E-state index is -3.17. The van der Waals surface area contributed by atoms with Gasteiger partial charge in [0.05, 0.1) is 11.4 Å². The van der Waals surface area contributed by atoms with Gasteiger partial charge in [0.2, 0.25) is 10.0 Å². The average molecular weight is 274 g/mol. The third-order valence-corrected chi connectivity index (χ3v) is 5.09. The van der Waals surface area contributed by atoms with E-state index in [0.29, 0.717) is 18.8 Å². The Hall–Kier alpha value is -0.740. The van der Waals surface area contributed by atoms with E-state index < -0.39 is 10.0 Å². The molecule has 0 bridgehead atoms. The van der Waals surface area contributed by atoms with Crippen molar-refractivity contribution in [3.05, 3.63) is 29.8 Å². The van der Waals surface area contributed by atoms with Crippen molar-refractivity contribution in [2.75, 3.05) is 22.5 Å². The van der Waals surface area contributed by atoms with E-state index in [2.05, 4.69) is 0 Å². The predicted molar refractivity (Wildman–Crippen MR) is 71.2 cm³/mol. The molecule has 0 saturated heterocycles. The molecule has 5 heteroatoms. The van der Waals surface area contributed by atoms with E-state index in [1.54, 1.807) is 0 Å². The van der Waals surface area contributed by atoms with Crippen LogP contribution in [0.2, 0.25) is 0 Å². The summed E-state index contributed by atoms with van der Waals surface area (Å²) in [7, 11) is -3.17. The van der Waals surface area contributed by atoms with Crippen molar-refractivity contribution >= 4 is 27.3 Å². The van der Waals surface area contributed by atoms with Crippen molar-refractivity contribution in [3.63, 3.8) is 0 Å². The maximum Gasteiger partial charge on any atom is 0.235 e. The molecule has 0 aromatic heterocycles. The van der Waals surface area contributed by atoms with Crippen molar-refractivity contribution < 1.29 is 8.42 Å². The molecule has 3 nitrogen and oxygen atoms in total. The monoisotopic (exact) mass is 273 g/mol. The number of benzene rings is 1. The topological polar surface area (TPSA) is 37.4 Å². The van der Waals surface area contributed by atoms with Crippen LogP contribution in [0.3, 0.4) is 0 Å². The molecular weight excluding hydrogens is 258 g/mol. The van der Waals surface area contributed by atoms with Gasteiger partial charge in [0.1, 0.15) is 0 Å². The van der Waals surface area contributed by atoms with Gasteiger partial charge in [0.15, 0.2) is 0 Å². The minimum absolute atomic E-state index is 0.189. The lowest BCUT2D eigenvalue weighted by molar-refractivity contribution is 0.589. The Labute approximate surface area is 107 Å². The molecule has 0 fully saturated rings. The van der Waals surface area contributed by atoms with Crippen LogP contribution < -0.4 is 4.31 Å². The summed E-state index contributed by atoms with van der Waals surface area (Å²) in [5, 5.41) is 0. The molecule has 94 valence electrons. The van der Waals surface area contributed by atoms with Gasteiger partial charge >= 0.3 is 0 Å². The quantitative estimate of drug-likeness (QED) is 0.610. The van der Waals surface area contributed by atoms with Gasteiger partial charge in [-0.1, -0.05) is 18.2 Å². The summed E-state index contributed by atoms with van der Waals surface area (Å²) in [5.74, 6) is 0.708. The zero-order chi connectivity index (χ0) is 12.3. The van der Waals surface area contributed by atoms with Gasteiger partial charge in [-0.15, -0.1) is 11.6 Å². The van der Waals surface area contributed by atoms with Crippen LogP contribution in [-0.4, -0.2) is 26.6 Å². The van der Waals surface area contributed by atoms with Gasteiger partial charge < -0.3 is 0 Å². The fourth-order valence-corrected chi connectivity index (χ4v) is 3.91. The molecule has 0 aliphatic carbocycles. The molecule has 17 heavy (non-hydrogen) atoms. The molecule has 0 atom stereocenters. The number of nitrogens with zero attached hydrogens (tertiary/aromatic N) is 1. The fraction of sp³-hybridized carbons (Fsp3) is 0.500. The number of rotatable bonds is 5. The average Bonchev–Trinajstić information content (AvgIpc) is 2.73. The summed E-state index contributed by atoms with van der Waals surface area (Å²) in [6.07, 6.45) is 2.19. The number of para-hydroxylation sites is 1. The van der Waals surface area contributed by atoms with Gasteiger partial charge in [-0.2, -0.15) is 0 Å². The second kappa shape index (κ2) is 5.27. The van der Waals surface area contributed by atoms with E-state index in [1.165, 1.54) is 4.31 Å². The number of alkyl halides is 1. The molecule has 1 aromatic rings. The maximum absolute atomic E-state index is 12.2. The molecule has 0 unspecified atom stereocenters. The molecule has 1 aliphatic heterocycles. The predicted octanol–water partition coefficient (Wildman–Crippen LogP) is 2.40. The zero-order valence-electron chi connectivity index (χ0n) is 9.60. The lowest BCUT2D eigenvalue weighted by Crippen LogP contribution is -2.31. The normalized spacial score (nSPS) is 15.0. The van der Waals surface area contributed by atoms with E-state index in [0.717, 1.165) is 24.1 Å². The van der Waals surface area contributed by atoms with Crippen molar-refractivity contribution in [3.8, 4) is 0 Å². The third kappa shape index (κ3) is 2.75. The summed E-state index contributed by atoms with van der Waals surface area (Å²) in [6.45, 7) is 0.572. The summed E-state index contributed by atoms with van der Waals surface area (Å²) in [6, 6.07) is 7.69. The number of anilines is 1. The van der Waals surface area contributed by atoms with Crippen LogP contribution in [0.4, 0.5) is 5.69 Å². The first-order valence-electron chi connectivity index (χ1n) is 5.79. The number of fused-ring (bicyclic) bond motifs is 1. The summed E-state index contributed by atoms with van der Waals surface area (Å²) in [4.78, 5) is 0. The molecule has 0 spiro atoms. The first kappa shape index (κ1) is 12.7. The minimum Gasteiger partial charge on any atom is -0.270 e. The number of sulfonamides is 1. The van der Waals surface area contributed by atoms with E-state index in [1.807, 2.05) is 24.3 Å². The van der Waals surface area contributed by atoms with Gasteiger partial charge in [0.25, 0.3) is 0 Å². The Morgan fingerprint density at radius 1 is 1.24 bits per heavy atom. The Morgan fingerprint density at radius 3 is 2.76 bits per heavy atom. The van der Waals surface area contributed by atoms with Crippen LogP contribution in [0, 0.1) is 0 Å². The second-order valence-corrected chi connectivity index (χ2v) is 6.55. The fourth-order valence-electron chi connectivity index (χ4n) is 2.09. The summed E-state index contributed by atoms with van der Waals surface area (Å²) in [5.41, 5.74) is 1.96. The molecule has 0 radical (unpaired) electrons. The lowest BCUT2D eigenvalue weighted by Gasteiger charge is -2.19. The maximum atomic E-state index is 12.2. The lowest BCUT2D eigenvalue weighted by atomic mass is 10.2. The number of hydrogen-bond acceptors (Lipinski definition) is 2. The molecule has 0 N–H and O–H groups in total. The summed E-state index contributed by atoms with van der Waals surface area (Å²) >= 11 is 5.56. The van der Waals surface area contributed by atoms with E-state index in [9.17, 15) is 8.42 Å². The Bertz CT molecular complexity index is 487. The highest BCUT2D eigenvalue weighted by Crippen LogP contribution is 2.30. The number of hydrogen-bond donors (Lipinski definition) is 0. The van der Waals surface area contributed by atoms with Crippen molar-refractivity contribution in [2.24, 2.45) is 0 Å². The van der Waals surface area contributed by atoms with Crippen LogP contribution in [0.15, 0.2) is 24.3 Å². The van der Waals surface area contributed by atoms with Crippen LogP contribution in [0.25, 0.3) is 0 Å². The smallest absolute Gasteiger partial charge is 0.235 e. The molecule has 0 saturated carbocycles. The van der Waals surface area contributed by atoms with Gasteiger partial charge in [-0.3, -0.25) is 4.31 Å². The van der Waals surface area contributed by atoms with Crippen LogP contribution >= 0.6 is 11.6 Å². The van der Waals surface area contributed by atoms with Gasteiger partial charge in [0, 0.05) is 12.4 Å². The highest BCUT2D eigenvalue weighted by Gasteiger charge is 2.28. The Balaban J connectivity index is 2.14. The highest BCUT2D eigenvalue weighted by molar-refractivity contribution is 7.92. The molecular formula is C12H16ClNO2S. The van der Waals surface area contributed by atoms with Gasteiger partial charge in [-0.25, -0.2) is 8.42 Å². The van der Waals surface area contributed by atoms with E-state index in [-0.39, 0.29) is 5.75 Å². The molecule has 2 rings (SSSR count). The third-order valence-electron chi connectivity index (χ3n) is 2.97. The summed E-state index contributed by atoms with van der Waals surface area (Å²) < 4.78 is 25.8. The molecule has 1 aromatic carbocycles. The highest BCUT2D eigenvalue weighted by atomic mass is 35.5.